The van der Waals surface area contributed by atoms with Crippen LogP contribution in [0.15, 0.2) is 66.3 Å². The lowest BCUT2D eigenvalue weighted by Gasteiger charge is -2.15. The molecule has 0 aliphatic rings. The Bertz CT molecular complexity index is 1150. The Morgan fingerprint density at radius 1 is 1.14 bits per heavy atom. The van der Waals surface area contributed by atoms with Crippen LogP contribution in [0.25, 0.3) is 11.0 Å². The van der Waals surface area contributed by atoms with Crippen molar-refractivity contribution in [2.75, 3.05) is 0 Å². The highest BCUT2D eigenvalue weighted by Crippen LogP contribution is 2.36. The lowest BCUT2D eigenvalue weighted by atomic mass is 10.2. The third-order valence-corrected chi connectivity index (χ3v) is 6.09. The summed E-state index contributed by atoms with van der Waals surface area (Å²) in [5.41, 5.74) is 3.20. The highest BCUT2D eigenvalue weighted by molar-refractivity contribution is 7.99. The van der Waals surface area contributed by atoms with E-state index >= 15 is 0 Å². The molecule has 0 unspecified atom stereocenters. The normalized spacial score (nSPS) is 12.4. The van der Waals surface area contributed by atoms with E-state index in [1.807, 2.05) is 37.3 Å². The number of rotatable bonds is 7. The number of halogens is 1. The number of nitrogens with zero attached hydrogens (tertiary/aromatic N) is 5. The number of fused-ring (bicyclic) bond motifs is 1. The number of allylic oxidation sites excluding steroid dienone is 1. The van der Waals surface area contributed by atoms with E-state index in [9.17, 15) is 0 Å². The van der Waals surface area contributed by atoms with Crippen LogP contribution in [-0.4, -0.2) is 24.3 Å². The van der Waals surface area contributed by atoms with Crippen molar-refractivity contribution in [1.82, 2.24) is 24.3 Å². The van der Waals surface area contributed by atoms with Crippen molar-refractivity contribution in [3.8, 4) is 0 Å². The van der Waals surface area contributed by atoms with Crippen LogP contribution in [0.5, 0.6) is 0 Å². The summed E-state index contributed by atoms with van der Waals surface area (Å²) < 4.78 is 4.33. The largest absolute Gasteiger partial charge is 0.323 e. The van der Waals surface area contributed by atoms with Crippen molar-refractivity contribution in [2.45, 2.75) is 37.3 Å². The molecule has 0 bridgehead atoms. The molecule has 4 aromatic rings. The van der Waals surface area contributed by atoms with E-state index in [0.29, 0.717) is 11.6 Å². The number of hydrogen-bond acceptors (Lipinski definition) is 4. The summed E-state index contributed by atoms with van der Waals surface area (Å²) in [5, 5.41) is 10.2. The van der Waals surface area contributed by atoms with Gasteiger partial charge in [-0.1, -0.05) is 59.8 Å². The first-order chi connectivity index (χ1) is 14.1. The van der Waals surface area contributed by atoms with Crippen LogP contribution < -0.4 is 0 Å². The Labute approximate surface area is 179 Å². The summed E-state index contributed by atoms with van der Waals surface area (Å²) in [6, 6.07) is 16.3. The molecular formula is C22H22ClN5S. The molecule has 29 heavy (non-hydrogen) atoms. The number of benzene rings is 2. The summed E-state index contributed by atoms with van der Waals surface area (Å²) in [4.78, 5) is 4.93. The molecule has 0 spiro atoms. The monoisotopic (exact) mass is 423 g/mol. The van der Waals surface area contributed by atoms with E-state index < -0.39 is 0 Å². The Morgan fingerprint density at radius 2 is 1.93 bits per heavy atom. The van der Waals surface area contributed by atoms with Crippen LogP contribution >= 0.6 is 23.4 Å². The lowest BCUT2D eigenvalue weighted by molar-refractivity contribution is 0.696. The second-order valence-corrected chi connectivity index (χ2v) is 8.61. The third kappa shape index (κ3) is 4.09. The van der Waals surface area contributed by atoms with Gasteiger partial charge >= 0.3 is 0 Å². The molecule has 148 valence electrons. The van der Waals surface area contributed by atoms with Crippen LogP contribution in [0.1, 0.15) is 29.4 Å². The van der Waals surface area contributed by atoms with E-state index in [1.165, 1.54) is 5.56 Å². The molecule has 0 saturated heterocycles. The zero-order valence-corrected chi connectivity index (χ0v) is 18.0. The van der Waals surface area contributed by atoms with Crippen molar-refractivity contribution in [1.29, 1.82) is 0 Å². The maximum Gasteiger partial charge on any atom is 0.192 e. The third-order valence-electron chi connectivity index (χ3n) is 4.78. The molecule has 0 saturated carbocycles. The smallest absolute Gasteiger partial charge is 0.192 e. The summed E-state index contributed by atoms with van der Waals surface area (Å²) >= 11 is 7.88. The van der Waals surface area contributed by atoms with E-state index in [4.69, 9.17) is 16.6 Å². The van der Waals surface area contributed by atoms with Crippen molar-refractivity contribution in [2.24, 2.45) is 0 Å². The van der Waals surface area contributed by atoms with Gasteiger partial charge in [0.2, 0.25) is 0 Å². The molecule has 2 heterocycles. The van der Waals surface area contributed by atoms with Crippen molar-refractivity contribution in [3.63, 3.8) is 0 Å². The van der Waals surface area contributed by atoms with Gasteiger partial charge in [0, 0.05) is 18.1 Å². The lowest BCUT2D eigenvalue weighted by Crippen LogP contribution is -2.08. The minimum Gasteiger partial charge on any atom is -0.323 e. The molecule has 2 aromatic heterocycles. The SMILES string of the molecule is C=CCn1c(C)nnc1S[C@H](C)c1nc2cc(Cl)ccc2n1Cc1ccccc1. The van der Waals surface area contributed by atoms with Crippen molar-refractivity contribution >= 4 is 34.4 Å². The maximum atomic E-state index is 6.22. The van der Waals surface area contributed by atoms with Gasteiger partial charge in [0.15, 0.2) is 5.16 Å². The van der Waals surface area contributed by atoms with Gasteiger partial charge in [-0.2, -0.15) is 0 Å². The van der Waals surface area contributed by atoms with Crippen molar-refractivity contribution in [3.05, 3.63) is 83.4 Å². The first-order valence-corrected chi connectivity index (χ1v) is 10.7. The fraction of sp³-hybridized carbons (Fsp3) is 0.227. The number of imidazole rings is 1. The molecule has 0 fully saturated rings. The Hall–Kier alpha value is -2.57. The van der Waals surface area contributed by atoms with Crippen LogP contribution in [0.2, 0.25) is 5.02 Å². The van der Waals surface area contributed by atoms with Gasteiger partial charge in [-0.25, -0.2) is 4.98 Å². The van der Waals surface area contributed by atoms with Gasteiger partial charge in [0.1, 0.15) is 11.6 Å². The van der Waals surface area contributed by atoms with Gasteiger partial charge in [-0.15, -0.1) is 16.8 Å². The summed E-state index contributed by atoms with van der Waals surface area (Å²) in [6.45, 7) is 9.38. The van der Waals surface area contributed by atoms with Crippen LogP contribution in [0.4, 0.5) is 0 Å². The molecule has 0 amide bonds. The van der Waals surface area contributed by atoms with Gasteiger partial charge in [0.05, 0.1) is 16.3 Å². The molecule has 2 aromatic carbocycles. The minimum absolute atomic E-state index is 0.0806. The average molecular weight is 424 g/mol. The fourth-order valence-electron chi connectivity index (χ4n) is 3.36. The van der Waals surface area contributed by atoms with E-state index in [-0.39, 0.29) is 5.25 Å². The first kappa shape index (κ1) is 19.7. The highest BCUT2D eigenvalue weighted by atomic mass is 35.5. The van der Waals surface area contributed by atoms with Gasteiger partial charge in [-0.3, -0.25) is 0 Å². The Kier molecular flexibility index (Phi) is 5.74. The molecule has 1 atom stereocenters. The summed E-state index contributed by atoms with van der Waals surface area (Å²) in [6.07, 6.45) is 1.86. The minimum atomic E-state index is 0.0806. The van der Waals surface area contributed by atoms with Crippen LogP contribution in [0, 0.1) is 6.92 Å². The van der Waals surface area contributed by atoms with Gasteiger partial charge < -0.3 is 9.13 Å². The zero-order chi connectivity index (χ0) is 20.4. The molecule has 0 aliphatic carbocycles. The average Bonchev–Trinajstić information content (AvgIpc) is 3.24. The van der Waals surface area contributed by atoms with Crippen molar-refractivity contribution < 1.29 is 0 Å². The Balaban J connectivity index is 1.74. The molecule has 4 rings (SSSR count). The number of hydrogen-bond donors (Lipinski definition) is 0. The molecule has 0 radical (unpaired) electrons. The predicted octanol–water partition coefficient (Wildman–Crippen LogP) is 5.68. The summed E-state index contributed by atoms with van der Waals surface area (Å²) in [7, 11) is 0. The van der Waals surface area contributed by atoms with E-state index in [2.05, 4.69) is 57.1 Å². The topological polar surface area (TPSA) is 48.5 Å². The van der Waals surface area contributed by atoms with E-state index in [0.717, 1.165) is 34.4 Å². The number of thioether (sulfide) groups is 1. The Morgan fingerprint density at radius 3 is 2.69 bits per heavy atom. The predicted molar refractivity (Wildman–Crippen MR) is 120 cm³/mol. The van der Waals surface area contributed by atoms with Crippen LogP contribution in [-0.2, 0) is 13.1 Å². The summed E-state index contributed by atoms with van der Waals surface area (Å²) in [5.74, 6) is 1.87. The molecule has 0 aliphatic heterocycles. The molecular weight excluding hydrogens is 402 g/mol. The number of aryl methyl sites for hydroxylation is 1. The number of aromatic nitrogens is 5. The standard InChI is InChI=1S/C22H22ClN5S/c1-4-12-27-16(3)25-26-22(27)29-15(2)21-24-19-13-18(23)10-11-20(19)28(21)14-17-8-6-5-7-9-17/h4-11,13,15H,1,12,14H2,2-3H3/t15-/m1/s1. The fourth-order valence-corrected chi connectivity index (χ4v) is 4.55. The molecule has 5 nitrogen and oxygen atoms in total. The first-order valence-electron chi connectivity index (χ1n) is 9.43. The highest BCUT2D eigenvalue weighted by Gasteiger charge is 2.21. The molecule has 0 N–H and O–H groups in total. The second kappa shape index (κ2) is 8.43. The maximum absolute atomic E-state index is 6.22. The van der Waals surface area contributed by atoms with Gasteiger partial charge in [0.25, 0.3) is 0 Å². The van der Waals surface area contributed by atoms with Gasteiger partial charge in [-0.05, 0) is 37.6 Å². The van der Waals surface area contributed by atoms with Crippen LogP contribution in [0.3, 0.4) is 0 Å². The quantitative estimate of drug-likeness (QED) is 0.283. The molecule has 7 heteroatoms. The van der Waals surface area contributed by atoms with E-state index in [1.54, 1.807) is 11.8 Å². The zero-order valence-electron chi connectivity index (χ0n) is 16.4. The second-order valence-electron chi connectivity index (χ2n) is 6.86.